The largest absolute Gasteiger partial charge is 0.368 e. The zero-order chi connectivity index (χ0) is 21.1. The number of carbonyl (C=O) groups is 2. The molecule has 8 heteroatoms. The molecular weight excluding hydrogens is 380 g/mol. The average molecular weight is 409 g/mol. The highest BCUT2D eigenvalue weighted by atomic mass is 16.2. The van der Waals surface area contributed by atoms with Crippen molar-refractivity contribution in [1.29, 1.82) is 0 Å². The van der Waals surface area contributed by atoms with E-state index in [4.69, 9.17) is 11.5 Å². The Kier molecular flexibility index (Phi) is 5.94. The molecule has 2 heterocycles. The SMILES string of the molecule is Nc1ncc2c(n1)CCC(NC(=O)C1CCCN1C(=O)C(N)Cc1ccccc1)C2. The van der Waals surface area contributed by atoms with E-state index in [1.807, 2.05) is 30.3 Å². The Morgan fingerprint density at radius 2 is 2.03 bits per heavy atom. The summed E-state index contributed by atoms with van der Waals surface area (Å²) in [5.41, 5.74) is 14.8. The predicted octanol–water partition coefficient (Wildman–Crippen LogP) is 0.593. The summed E-state index contributed by atoms with van der Waals surface area (Å²) in [6, 6.07) is 8.61. The second kappa shape index (κ2) is 8.79. The third kappa shape index (κ3) is 4.43. The molecule has 8 nitrogen and oxygen atoms in total. The van der Waals surface area contributed by atoms with Gasteiger partial charge in [-0.3, -0.25) is 9.59 Å². The number of aromatic nitrogens is 2. The van der Waals surface area contributed by atoms with E-state index < -0.39 is 12.1 Å². The highest BCUT2D eigenvalue weighted by Gasteiger charge is 2.37. The monoisotopic (exact) mass is 408 g/mol. The van der Waals surface area contributed by atoms with E-state index in [1.54, 1.807) is 11.1 Å². The first-order chi connectivity index (χ1) is 14.5. The maximum Gasteiger partial charge on any atom is 0.243 e. The number of rotatable bonds is 5. The quantitative estimate of drug-likeness (QED) is 0.665. The van der Waals surface area contributed by atoms with E-state index in [1.165, 1.54) is 0 Å². The topological polar surface area (TPSA) is 127 Å². The molecule has 3 atom stereocenters. The van der Waals surface area contributed by atoms with Gasteiger partial charge in [0.1, 0.15) is 6.04 Å². The van der Waals surface area contributed by atoms with Gasteiger partial charge in [0.25, 0.3) is 0 Å². The van der Waals surface area contributed by atoms with E-state index in [-0.39, 0.29) is 23.8 Å². The van der Waals surface area contributed by atoms with Crippen LogP contribution in [0.3, 0.4) is 0 Å². The fourth-order valence-electron chi connectivity index (χ4n) is 4.41. The van der Waals surface area contributed by atoms with Crippen LogP contribution in [-0.2, 0) is 28.9 Å². The maximum absolute atomic E-state index is 13.0. The molecule has 1 aliphatic carbocycles. The van der Waals surface area contributed by atoms with Gasteiger partial charge in [-0.1, -0.05) is 30.3 Å². The number of nitrogen functional groups attached to an aromatic ring is 1. The number of anilines is 1. The number of nitrogens with zero attached hydrogens (tertiary/aromatic N) is 3. The van der Waals surface area contributed by atoms with Gasteiger partial charge in [0.15, 0.2) is 0 Å². The molecule has 1 aliphatic heterocycles. The third-order valence-electron chi connectivity index (χ3n) is 5.97. The second-order valence-electron chi connectivity index (χ2n) is 8.13. The Labute approximate surface area is 176 Å². The van der Waals surface area contributed by atoms with Gasteiger partial charge in [-0.2, -0.15) is 0 Å². The van der Waals surface area contributed by atoms with E-state index in [0.29, 0.717) is 25.8 Å². The van der Waals surface area contributed by atoms with Gasteiger partial charge < -0.3 is 21.7 Å². The number of hydrogen-bond donors (Lipinski definition) is 3. The van der Waals surface area contributed by atoms with Crippen molar-refractivity contribution >= 4 is 17.8 Å². The summed E-state index contributed by atoms with van der Waals surface area (Å²) in [6.45, 7) is 0.569. The molecule has 0 bridgehead atoms. The second-order valence-corrected chi connectivity index (χ2v) is 8.13. The Morgan fingerprint density at radius 3 is 2.83 bits per heavy atom. The summed E-state index contributed by atoms with van der Waals surface area (Å²) in [4.78, 5) is 35.9. The van der Waals surface area contributed by atoms with E-state index in [9.17, 15) is 9.59 Å². The molecule has 1 fully saturated rings. The van der Waals surface area contributed by atoms with Crippen LogP contribution in [-0.4, -0.2) is 51.4 Å². The first-order valence-electron chi connectivity index (χ1n) is 10.5. The summed E-state index contributed by atoms with van der Waals surface area (Å²) in [5, 5.41) is 3.13. The minimum atomic E-state index is -0.648. The molecule has 158 valence electrons. The summed E-state index contributed by atoms with van der Waals surface area (Å²) in [5.74, 6) is 0.0233. The molecule has 0 saturated carbocycles. The zero-order valence-corrected chi connectivity index (χ0v) is 17.0. The van der Waals surface area contributed by atoms with Crippen LogP contribution in [0.2, 0.25) is 0 Å². The molecule has 3 unspecified atom stereocenters. The van der Waals surface area contributed by atoms with Crippen LogP contribution >= 0.6 is 0 Å². The van der Waals surface area contributed by atoms with Crippen molar-refractivity contribution in [1.82, 2.24) is 20.2 Å². The molecule has 2 aromatic rings. The maximum atomic E-state index is 13.0. The van der Waals surface area contributed by atoms with Gasteiger partial charge >= 0.3 is 0 Å². The summed E-state index contributed by atoms with van der Waals surface area (Å²) < 4.78 is 0. The minimum Gasteiger partial charge on any atom is -0.368 e. The minimum absolute atomic E-state index is 0.00719. The molecule has 1 saturated heterocycles. The van der Waals surface area contributed by atoms with Crippen molar-refractivity contribution in [2.45, 2.75) is 56.7 Å². The number of benzene rings is 1. The number of likely N-dealkylation sites (tertiary alicyclic amines) is 1. The first-order valence-corrected chi connectivity index (χ1v) is 10.5. The first kappa shape index (κ1) is 20.3. The summed E-state index contributed by atoms with van der Waals surface area (Å²) >= 11 is 0. The summed E-state index contributed by atoms with van der Waals surface area (Å²) in [6.07, 6.45) is 5.90. The Balaban J connectivity index is 1.36. The predicted molar refractivity (Wildman–Crippen MR) is 113 cm³/mol. The van der Waals surface area contributed by atoms with Crippen molar-refractivity contribution < 1.29 is 9.59 Å². The van der Waals surface area contributed by atoms with Gasteiger partial charge in [-0.15, -0.1) is 0 Å². The fourth-order valence-corrected chi connectivity index (χ4v) is 4.41. The number of nitrogens with one attached hydrogen (secondary N) is 1. The molecule has 4 rings (SSSR count). The third-order valence-corrected chi connectivity index (χ3v) is 5.97. The normalized spacial score (nSPS) is 21.7. The number of amides is 2. The lowest BCUT2D eigenvalue weighted by molar-refractivity contribution is -0.139. The Bertz CT molecular complexity index is 919. The van der Waals surface area contributed by atoms with E-state index in [2.05, 4.69) is 15.3 Å². The number of carbonyl (C=O) groups excluding carboxylic acids is 2. The lowest BCUT2D eigenvalue weighted by Gasteiger charge is -2.30. The van der Waals surface area contributed by atoms with Crippen LogP contribution in [0.1, 0.15) is 36.1 Å². The van der Waals surface area contributed by atoms with Crippen LogP contribution in [0.15, 0.2) is 36.5 Å². The molecule has 1 aromatic heterocycles. The van der Waals surface area contributed by atoms with Crippen LogP contribution in [0.4, 0.5) is 5.95 Å². The highest BCUT2D eigenvalue weighted by Crippen LogP contribution is 2.22. The van der Waals surface area contributed by atoms with Crippen LogP contribution in [0.5, 0.6) is 0 Å². The highest BCUT2D eigenvalue weighted by molar-refractivity contribution is 5.90. The van der Waals surface area contributed by atoms with E-state index in [0.717, 1.165) is 36.1 Å². The van der Waals surface area contributed by atoms with Crippen molar-refractivity contribution in [2.24, 2.45) is 5.73 Å². The number of fused-ring (bicyclic) bond motifs is 1. The molecule has 2 amide bonds. The molecule has 2 aliphatic rings. The molecule has 30 heavy (non-hydrogen) atoms. The van der Waals surface area contributed by atoms with E-state index >= 15 is 0 Å². The molecule has 0 radical (unpaired) electrons. The number of aryl methyl sites for hydroxylation is 1. The van der Waals surface area contributed by atoms with Gasteiger partial charge in [0.2, 0.25) is 17.8 Å². The summed E-state index contributed by atoms with van der Waals surface area (Å²) in [7, 11) is 0. The molecule has 1 aromatic carbocycles. The van der Waals surface area contributed by atoms with Crippen molar-refractivity contribution in [2.75, 3.05) is 12.3 Å². The lowest BCUT2D eigenvalue weighted by atomic mass is 9.92. The van der Waals surface area contributed by atoms with Crippen molar-refractivity contribution in [3.05, 3.63) is 53.3 Å². The van der Waals surface area contributed by atoms with Gasteiger partial charge in [-0.25, -0.2) is 9.97 Å². The van der Waals surface area contributed by atoms with Crippen LogP contribution in [0.25, 0.3) is 0 Å². The van der Waals surface area contributed by atoms with Gasteiger partial charge in [0.05, 0.1) is 6.04 Å². The lowest BCUT2D eigenvalue weighted by Crippen LogP contribution is -2.53. The Hall–Kier alpha value is -3.00. The smallest absolute Gasteiger partial charge is 0.243 e. The number of hydrogen-bond acceptors (Lipinski definition) is 6. The standard InChI is InChI=1S/C22H28N6O2/c23-17(11-14-5-2-1-3-6-14)21(30)28-10-4-7-19(28)20(29)26-16-8-9-18-15(12-16)13-25-22(24)27-18/h1-3,5-6,13,16-17,19H,4,7-12,23H2,(H,26,29)(H2,24,25,27). The Morgan fingerprint density at radius 1 is 1.23 bits per heavy atom. The van der Waals surface area contributed by atoms with Crippen LogP contribution in [0, 0.1) is 0 Å². The molecule has 0 spiro atoms. The molecule has 5 N–H and O–H groups in total. The average Bonchev–Trinajstić information content (AvgIpc) is 3.24. The number of nitrogens with two attached hydrogens (primary N) is 2. The zero-order valence-electron chi connectivity index (χ0n) is 17.0. The van der Waals surface area contributed by atoms with Gasteiger partial charge in [0, 0.05) is 24.5 Å². The molecular formula is C22H28N6O2. The van der Waals surface area contributed by atoms with Crippen molar-refractivity contribution in [3.63, 3.8) is 0 Å². The fraction of sp³-hybridized carbons (Fsp3) is 0.455. The van der Waals surface area contributed by atoms with Crippen LogP contribution < -0.4 is 16.8 Å². The van der Waals surface area contributed by atoms with Gasteiger partial charge in [-0.05, 0) is 49.7 Å². The van der Waals surface area contributed by atoms with Crippen molar-refractivity contribution in [3.8, 4) is 0 Å².